The van der Waals surface area contributed by atoms with Crippen LogP contribution in [0.1, 0.15) is 19.4 Å². The minimum atomic E-state index is -4.23. The summed E-state index contributed by atoms with van der Waals surface area (Å²) in [6.45, 7) is 5.81. The van der Waals surface area contributed by atoms with Crippen LogP contribution in [0.25, 0.3) is 0 Å². The first-order valence-corrected chi connectivity index (χ1v) is 12.5. The maximum atomic E-state index is 13.2. The summed E-state index contributed by atoms with van der Waals surface area (Å²) in [7, 11) is -8.34. The fraction of sp³-hybridized carbons (Fsp3) is 0.368. The number of quaternary nitrogens is 1. The predicted molar refractivity (Wildman–Crippen MR) is 111 cm³/mol. The van der Waals surface area contributed by atoms with Crippen molar-refractivity contribution in [2.45, 2.75) is 24.5 Å². The largest absolute Gasteiger partial charge is 1.00 e. The number of likely N-dealkylation sites (N-methyl/N-ethyl adjacent to an activating group) is 1. The third-order valence-electron chi connectivity index (χ3n) is 4.53. The number of benzene rings is 2. The summed E-state index contributed by atoms with van der Waals surface area (Å²) in [5.74, 6) is -0.381. The molecule has 0 spiro atoms. The van der Waals surface area contributed by atoms with Crippen LogP contribution in [0.5, 0.6) is 0 Å². The quantitative estimate of drug-likeness (QED) is 0.462. The van der Waals surface area contributed by atoms with E-state index in [1.807, 2.05) is 13.8 Å². The van der Waals surface area contributed by atoms with Crippen molar-refractivity contribution in [2.24, 2.45) is 0 Å². The van der Waals surface area contributed by atoms with Gasteiger partial charge in [0, 0.05) is 5.02 Å². The van der Waals surface area contributed by atoms with Crippen LogP contribution in [0.3, 0.4) is 0 Å². The Morgan fingerprint density at radius 2 is 1.45 bits per heavy atom. The molecule has 0 fully saturated rings. The third-order valence-corrected chi connectivity index (χ3v) is 9.14. The summed E-state index contributed by atoms with van der Waals surface area (Å²) in [5, 5.41) is 0.380. The van der Waals surface area contributed by atoms with Gasteiger partial charge in [-0.3, -0.25) is 0 Å². The molecule has 2 aromatic carbocycles. The van der Waals surface area contributed by atoms with Gasteiger partial charge in [0.15, 0.2) is 0 Å². The second kappa shape index (κ2) is 11.3. The lowest BCUT2D eigenvalue weighted by Gasteiger charge is -2.24. The minimum absolute atomic E-state index is 0. The Balaban J connectivity index is 0.00000420. The van der Waals surface area contributed by atoms with Gasteiger partial charge in [0.1, 0.15) is 0 Å². The molecule has 0 heterocycles. The van der Waals surface area contributed by atoms with Crippen LogP contribution in [0.15, 0.2) is 59.5 Å². The first-order valence-electron chi connectivity index (χ1n) is 9.09. The minimum Gasteiger partial charge on any atom is -1.00 e. The normalized spacial score (nSPS) is 12.2. The number of sulfonamides is 2. The van der Waals surface area contributed by atoms with Crippen LogP contribution in [-0.4, -0.2) is 46.7 Å². The van der Waals surface area contributed by atoms with Gasteiger partial charge >= 0.3 is 0 Å². The summed E-state index contributed by atoms with van der Waals surface area (Å²) in [5.41, 5.74) is 0.536. The van der Waals surface area contributed by atoms with Crippen LogP contribution in [0.2, 0.25) is 5.02 Å². The molecule has 0 unspecified atom stereocenters. The molecular formula is C19H26Cl2N2O4S2. The molecule has 162 valence electrons. The lowest BCUT2D eigenvalue weighted by Crippen LogP contribution is -3.12. The number of hydrogen-bond donors (Lipinski definition) is 1. The van der Waals surface area contributed by atoms with E-state index in [4.69, 9.17) is 11.6 Å². The lowest BCUT2D eigenvalue weighted by molar-refractivity contribution is -0.895. The topological polar surface area (TPSA) is 76.0 Å². The Kier molecular flexibility index (Phi) is 10.1. The zero-order valence-electron chi connectivity index (χ0n) is 16.4. The average molecular weight is 481 g/mol. The Bertz CT molecular complexity index is 963. The van der Waals surface area contributed by atoms with Gasteiger partial charge < -0.3 is 17.3 Å². The smallest absolute Gasteiger partial charge is 0.256 e. The SMILES string of the molecule is CC[NH+](CC)CCN(S(=O)(=O)Cc1ccccc1)S(=O)(=O)c1ccc(Cl)cc1.[Cl-]. The van der Waals surface area contributed by atoms with E-state index >= 15 is 0 Å². The van der Waals surface area contributed by atoms with E-state index in [-0.39, 0.29) is 29.6 Å². The van der Waals surface area contributed by atoms with Gasteiger partial charge in [0.25, 0.3) is 10.0 Å². The van der Waals surface area contributed by atoms with Gasteiger partial charge in [0.2, 0.25) is 10.0 Å². The van der Waals surface area contributed by atoms with Gasteiger partial charge in [-0.15, -0.1) is 0 Å². The van der Waals surface area contributed by atoms with Gasteiger partial charge in [-0.05, 0) is 43.7 Å². The first-order chi connectivity index (χ1) is 13.2. The van der Waals surface area contributed by atoms with E-state index in [1.54, 1.807) is 30.3 Å². The molecule has 0 saturated heterocycles. The predicted octanol–water partition coefficient (Wildman–Crippen LogP) is -1.21. The summed E-state index contributed by atoms with van der Waals surface area (Å²) >= 11 is 5.85. The molecular weight excluding hydrogens is 455 g/mol. The van der Waals surface area contributed by atoms with Gasteiger partial charge in [-0.1, -0.05) is 45.6 Å². The van der Waals surface area contributed by atoms with Crippen molar-refractivity contribution in [1.29, 1.82) is 0 Å². The highest BCUT2D eigenvalue weighted by atomic mass is 35.5. The van der Waals surface area contributed by atoms with E-state index in [1.165, 1.54) is 24.3 Å². The van der Waals surface area contributed by atoms with Gasteiger partial charge in [-0.2, -0.15) is 0 Å². The molecule has 0 aliphatic heterocycles. The van der Waals surface area contributed by atoms with Crippen molar-refractivity contribution in [3.05, 3.63) is 65.2 Å². The second-order valence-electron chi connectivity index (χ2n) is 6.40. The van der Waals surface area contributed by atoms with Crippen molar-refractivity contribution in [2.75, 3.05) is 26.2 Å². The monoisotopic (exact) mass is 480 g/mol. The molecule has 0 saturated carbocycles. The summed E-state index contributed by atoms with van der Waals surface area (Å²) in [4.78, 5) is 1.02. The molecule has 0 aromatic heterocycles. The summed E-state index contributed by atoms with van der Waals surface area (Å²) < 4.78 is 53.1. The Hall–Kier alpha value is -1.16. The molecule has 0 bridgehead atoms. The molecule has 1 N–H and O–H groups in total. The highest BCUT2D eigenvalue weighted by Gasteiger charge is 2.36. The number of hydrogen-bond acceptors (Lipinski definition) is 4. The van der Waals surface area contributed by atoms with Crippen LogP contribution in [0, 0.1) is 0 Å². The third kappa shape index (κ3) is 6.94. The van der Waals surface area contributed by atoms with Crippen molar-refractivity contribution in [1.82, 2.24) is 3.71 Å². The van der Waals surface area contributed by atoms with Crippen LogP contribution in [-0.2, 0) is 25.8 Å². The van der Waals surface area contributed by atoms with Crippen molar-refractivity contribution in [3.8, 4) is 0 Å². The Labute approximate surface area is 185 Å². The molecule has 0 radical (unpaired) electrons. The highest BCUT2D eigenvalue weighted by molar-refractivity contribution is 8.03. The van der Waals surface area contributed by atoms with Crippen LogP contribution in [0.4, 0.5) is 0 Å². The molecule has 29 heavy (non-hydrogen) atoms. The Morgan fingerprint density at radius 3 is 1.97 bits per heavy atom. The van der Waals surface area contributed by atoms with Gasteiger partial charge in [-0.25, -0.2) is 16.8 Å². The van der Waals surface area contributed by atoms with E-state index in [0.29, 0.717) is 20.8 Å². The molecule has 6 nitrogen and oxygen atoms in total. The summed E-state index contributed by atoms with van der Waals surface area (Å²) in [6.07, 6.45) is 0. The number of nitrogens with one attached hydrogen (secondary N) is 1. The first kappa shape index (κ1) is 25.9. The number of nitrogens with zero attached hydrogens (tertiary/aromatic N) is 1. The van der Waals surface area contributed by atoms with E-state index in [0.717, 1.165) is 18.0 Å². The fourth-order valence-corrected chi connectivity index (χ4v) is 6.75. The number of rotatable bonds is 10. The average Bonchev–Trinajstić information content (AvgIpc) is 2.65. The second-order valence-corrected chi connectivity index (χ2v) is 10.8. The molecule has 2 rings (SSSR count). The van der Waals surface area contributed by atoms with E-state index < -0.39 is 20.0 Å². The zero-order chi connectivity index (χ0) is 20.8. The lowest BCUT2D eigenvalue weighted by atomic mass is 10.2. The van der Waals surface area contributed by atoms with Crippen molar-refractivity contribution >= 4 is 31.6 Å². The van der Waals surface area contributed by atoms with E-state index in [2.05, 4.69) is 0 Å². The Morgan fingerprint density at radius 1 is 0.897 bits per heavy atom. The zero-order valence-corrected chi connectivity index (χ0v) is 19.5. The number of halogens is 2. The van der Waals surface area contributed by atoms with Crippen LogP contribution < -0.4 is 17.3 Å². The standard InChI is InChI=1S/C19H25ClN2O4S2.ClH/c1-3-21(4-2)14-15-22(27(23,24)16-17-8-6-5-7-9-17)28(25,26)19-12-10-18(20)11-13-19;/h5-13H,3-4,14-16H2,1-2H3;1H. The molecule has 10 heteroatoms. The molecule has 0 aliphatic rings. The maximum absolute atomic E-state index is 13.2. The maximum Gasteiger partial charge on any atom is 0.256 e. The van der Waals surface area contributed by atoms with Crippen LogP contribution >= 0.6 is 11.6 Å². The molecule has 0 atom stereocenters. The molecule has 2 aromatic rings. The highest BCUT2D eigenvalue weighted by Crippen LogP contribution is 2.22. The van der Waals surface area contributed by atoms with E-state index in [9.17, 15) is 16.8 Å². The fourth-order valence-electron chi connectivity index (χ4n) is 2.84. The molecule has 0 aliphatic carbocycles. The molecule has 0 amide bonds. The summed E-state index contributed by atoms with van der Waals surface area (Å²) in [6, 6.07) is 14.1. The van der Waals surface area contributed by atoms with Crippen molar-refractivity contribution < 1.29 is 34.1 Å². The van der Waals surface area contributed by atoms with Gasteiger partial charge in [0.05, 0.1) is 36.8 Å². The van der Waals surface area contributed by atoms with Crippen molar-refractivity contribution in [3.63, 3.8) is 0 Å².